The third-order valence-corrected chi connectivity index (χ3v) is 4.27. The summed E-state index contributed by atoms with van der Waals surface area (Å²) in [5.41, 5.74) is 13.0. The number of rotatable bonds is 5. The van der Waals surface area contributed by atoms with Gasteiger partial charge < -0.3 is 16.8 Å². The van der Waals surface area contributed by atoms with Gasteiger partial charge in [-0.15, -0.1) is 0 Å². The van der Waals surface area contributed by atoms with Gasteiger partial charge in [0.25, 0.3) is 5.91 Å². The molecule has 0 aliphatic heterocycles. The van der Waals surface area contributed by atoms with Crippen molar-refractivity contribution in [3.05, 3.63) is 23.8 Å². The van der Waals surface area contributed by atoms with Gasteiger partial charge in [0.1, 0.15) is 0 Å². The minimum absolute atomic E-state index is 0.398. The minimum Gasteiger partial charge on any atom is -0.396 e. The van der Waals surface area contributed by atoms with Crippen molar-refractivity contribution in [2.24, 2.45) is 11.7 Å². The third kappa shape index (κ3) is 3.44. The van der Waals surface area contributed by atoms with Crippen LogP contribution in [0.25, 0.3) is 0 Å². The Morgan fingerprint density at radius 3 is 2.60 bits per heavy atom. The molecule has 0 atom stereocenters. The summed E-state index contributed by atoms with van der Waals surface area (Å²) < 4.78 is 0. The van der Waals surface area contributed by atoms with Crippen molar-refractivity contribution in [2.75, 3.05) is 11.1 Å². The number of hydrogen-bond acceptors (Lipinski definition) is 3. The number of carbonyl (C=O) groups excluding carboxylic acids is 1. The fraction of sp³-hybridized carbons (Fsp3) is 0.562. The van der Waals surface area contributed by atoms with Gasteiger partial charge in [0.05, 0.1) is 16.9 Å². The highest BCUT2D eigenvalue weighted by Crippen LogP contribution is 2.31. The first-order valence-electron chi connectivity index (χ1n) is 7.56. The molecule has 1 aliphatic carbocycles. The van der Waals surface area contributed by atoms with Crippen molar-refractivity contribution in [1.82, 2.24) is 0 Å². The van der Waals surface area contributed by atoms with E-state index in [1.165, 1.54) is 38.5 Å². The molecule has 0 heterocycles. The molecule has 110 valence electrons. The van der Waals surface area contributed by atoms with Crippen LogP contribution in [0.15, 0.2) is 18.2 Å². The molecule has 4 nitrogen and oxygen atoms in total. The molecule has 1 amide bonds. The molecule has 1 aromatic rings. The molecule has 0 unspecified atom stereocenters. The summed E-state index contributed by atoms with van der Waals surface area (Å²) in [6, 6.07) is 5.86. The fourth-order valence-electron chi connectivity index (χ4n) is 3.13. The second kappa shape index (κ2) is 6.64. The molecule has 0 spiro atoms. The lowest BCUT2D eigenvalue weighted by Crippen LogP contribution is -2.27. The summed E-state index contributed by atoms with van der Waals surface area (Å²) in [6.07, 6.45) is 7.51. The molecule has 0 aromatic heterocycles. The first-order valence-corrected chi connectivity index (χ1v) is 7.56. The average Bonchev–Trinajstić information content (AvgIpc) is 2.43. The number of nitrogens with one attached hydrogen (secondary N) is 1. The first-order chi connectivity index (χ1) is 9.61. The highest BCUT2D eigenvalue weighted by atomic mass is 16.1. The van der Waals surface area contributed by atoms with Crippen molar-refractivity contribution in [3.63, 3.8) is 0 Å². The summed E-state index contributed by atoms with van der Waals surface area (Å²) in [4.78, 5) is 11.3. The Morgan fingerprint density at radius 2 is 2.00 bits per heavy atom. The van der Waals surface area contributed by atoms with Gasteiger partial charge in [0, 0.05) is 6.04 Å². The summed E-state index contributed by atoms with van der Waals surface area (Å²) in [5.74, 6) is 0.408. The van der Waals surface area contributed by atoms with Crippen LogP contribution in [0.5, 0.6) is 0 Å². The van der Waals surface area contributed by atoms with E-state index in [2.05, 4.69) is 12.2 Å². The van der Waals surface area contributed by atoms with Crippen molar-refractivity contribution in [1.29, 1.82) is 0 Å². The molecule has 20 heavy (non-hydrogen) atoms. The molecule has 0 radical (unpaired) electrons. The third-order valence-electron chi connectivity index (χ3n) is 4.27. The lowest BCUT2D eigenvalue weighted by atomic mass is 9.83. The Labute approximate surface area is 120 Å². The van der Waals surface area contributed by atoms with E-state index in [-0.39, 0.29) is 0 Å². The zero-order valence-electron chi connectivity index (χ0n) is 12.2. The maximum absolute atomic E-state index is 11.3. The topological polar surface area (TPSA) is 81.1 Å². The normalized spacial score (nSPS) is 22.4. The Kier molecular flexibility index (Phi) is 4.88. The second-order valence-corrected chi connectivity index (χ2v) is 5.78. The second-order valence-electron chi connectivity index (χ2n) is 5.78. The highest BCUT2D eigenvalue weighted by molar-refractivity contribution is 6.00. The first kappa shape index (κ1) is 14.7. The Hall–Kier alpha value is -1.71. The van der Waals surface area contributed by atoms with Gasteiger partial charge in [-0.2, -0.15) is 0 Å². The summed E-state index contributed by atoms with van der Waals surface area (Å²) >= 11 is 0. The Balaban J connectivity index is 1.98. The summed E-state index contributed by atoms with van der Waals surface area (Å²) in [5, 5.41) is 3.47. The van der Waals surface area contributed by atoms with Crippen molar-refractivity contribution in [2.45, 2.75) is 51.5 Å². The number of benzene rings is 1. The number of primary amides is 1. The quantitative estimate of drug-likeness (QED) is 0.722. The lowest BCUT2D eigenvalue weighted by molar-refractivity contribution is 0.100. The van der Waals surface area contributed by atoms with Crippen LogP contribution in [0.3, 0.4) is 0 Å². The standard InChI is InChI=1S/C16H25N3O/c1-2-4-11-7-9-12(10-8-11)19-14-6-3-5-13(15(14)17)16(18)20/h3,5-6,11-12,19H,2,4,7-10,17H2,1H3,(H2,18,20). The maximum Gasteiger partial charge on any atom is 0.250 e. The van der Waals surface area contributed by atoms with E-state index in [0.29, 0.717) is 17.3 Å². The van der Waals surface area contributed by atoms with Gasteiger partial charge in [-0.25, -0.2) is 0 Å². The number of nitrogen functional groups attached to an aromatic ring is 1. The molecule has 1 aliphatic rings. The minimum atomic E-state index is -0.474. The van der Waals surface area contributed by atoms with Crippen LogP contribution in [0.4, 0.5) is 11.4 Å². The van der Waals surface area contributed by atoms with Crippen LogP contribution < -0.4 is 16.8 Å². The Morgan fingerprint density at radius 1 is 1.30 bits per heavy atom. The summed E-state index contributed by atoms with van der Waals surface area (Å²) in [6.45, 7) is 2.25. The number of anilines is 2. The smallest absolute Gasteiger partial charge is 0.250 e. The van der Waals surface area contributed by atoms with E-state index in [4.69, 9.17) is 11.5 Å². The average molecular weight is 275 g/mol. The zero-order chi connectivity index (χ0) is 14.5. The Bertz CT molecular complexity index is 465. The van der Waals surface area contributed by atoms with E-state index < -0.39 is 5.91 Å². The van der Waals surface area contributed by atoms with E-state index in [9.17, 15) is 4.79 Å². The number of nitrogens with two attached hydrogens (primary N) is 2. The van der Waals surface area contributed by atoms with E-state index >= 15 is 0 Å². The van der Waals surface area contributed by atoms with Crippen LogP contribution >= 0.6 is 0 Å². The SMILES string of the molecule is CCCC1CCC(Nc2cccc(C(N)=O)c2N)CC1. The molecule has 4 heteroatoms. The van der Waals surface area contributed by atoms with Crippen molar-refractivity contribution in [3.8, 4) is 0 Å². The van der Waals surface area contributed by atoms with Gasteiger partial charge in [0.15, 0.2) is 0 Å². The molecule has 1 fully saturated rings. The number of para-hydroxylation sites is 1. The van der Waals surface area contributed by atoms with Crippen molar-refractivity contribution < 1.29 is 4.79 Å². The molecule has 5 N–H and O–H groups in total. The fourth-order valence-corrected chi connectivity index (χ4v) is 3.13. The molecule has 2 rings (SSSR count). The molecular formula is C16H25N3O. The zero-order valence-corrected chi connectivity index (χ0v) is 12.2. The van der Waals surface area contributed by atoms with Gasteiger partial charge in [-0.1, -0.05) is 25.8 Å². The molecule has 0 bridgehead atoms. The largest absolute Gasteiger partial charge is 0.396 e. The molecule has 0 saturated heterocycles. The molecule has 1 aromatic carbocycles. The van der Waals surface area contributed by atoms with Crippen LogP contribution in [-0.2, 0) is 0 Å². The van der Waals surface area contributed by atoms with Crippen LogP contribution in [0.2, 0.25) is 0 Å². The molecular weight excluding hydrogens is 250 g/mol. The van der Waals surface area contributed by atoms with Gasteiger partial charge in [0.2, 0.25) is 0 Å². The van der Waals surface area contributed by atoms with Crippen LogP contribution in [0, 0.1) is 5.92 Å². The van der Waals surface area contributed by atoms with Crippen molar-refractivity contribution >= 4 is 17.3 Å². The van der Waals surface area contributed by atoms with Gasteiger partial charge >= 0.3 is 0 Å². The predicted octanol–water partition coefficient (Wildman–Crippen LogP) is 3.14. The van der Waals surface area contributed by atoms with Crippen LogP contribution in [0.1, 0.15) is 55.8 Å². The monoisotopic (exact) mass is 275 g/mol. The van der Waals surface area contributed by atoms with Gasteiger partial charge in [-0.05, 0) is 43.7 Å². The van der Waals surface area contributed by atoms with E-state index in [0.717, 1.165) is 11.6 Å². The molecule has 1 saturated carbocycles. The van der Waals surface area contributed by atoms with E-state index in [1.807, 2.05) is 12.1 Å². The van der Waals surface area contributed by atoms with Gasteiger partial charge in [-0.3, -0.25) is 4.79 Å². The van der Waals surface area contributed by atoms with Crippen LogP contribution in [-0.4, -0.2) is 11.9 Å². The number of carbonyl (C=O) groups is 1. The maximum atomic E-state index is 11.3. The lowest BCUT2D eigenvalue weighted by Gasteiger charge is -2.30. The predicted molar refractivity (Wildman–Crippen MR) is 83.6 cm³/mol. The number of amides is 1. The summed E-state index contributed by atoms with van der Waals surface area (Å²) in [7, 11) is 0. The number of hydrogen-bond donors (Lipinski definition) is 3. The van der Waals surface area contributed by atoms with E-state index in [1.54, 1.807) is 6.07 Å². The highest BCUT2D eigenvalue weighted by Gasteiger charge is 2.21.